The molecule has 0 bridgehead atoms. The van der Waals surface area contributed by atoms with Crippen LogP contribution in [0.1, 0.15) is 60.5 Å². The molecule has 6 heteroatoms. The van der Waals surface area contributed by atoms with Crippen LogP contribution in [0.3, 0.4) is 0 Å². The number of ketones is 1. The van der Waals surface area contributed by atoms with Gasteiger partial charge in [-0.3, -0.25) is 14.5 Å². The first-order chi connectivity index (χ1) is 17.2. The number of hydrogen-bond donors (Lipinski definition) is 2. The van der Waals surface area contributed by atoms with Crippen molar-refractivity contribution in [2.75, 3.05) is 12.0 Å². The second kappa shape index (κ2) is 9.90. The Labute approximate surface area is 211 Å². The van der Waals surface area contributed by atoms with Gasteiger partial charge in [-0.15, -0.1) is 0 Å². The summed E-state index contributed by atoms with van der Waals surface area (Å²) in [6.07, 6.45) is 0.843. The van der Waals surface area contributed by atoms with Gasteiger partial charge in [-0.25, -0.2) is 0 Å². The molecule has 4 rings (SSSR count). The average molecular weight is 486 g/mol. The predicted octanol–water partition coefficient (Wildman–Crippen LogP) is 6.02. The lowest BCUT2D eigenvalue weighted by Crippen LogP contribution is -2.29. The Hall–Kier alpha value is -4.06. The molecule has 1 fully saturated rings. The van der Waals surface area contributed by atoms with Crippen LogP contribution < -0.4 is 9.64 Å². The van der Waals surface area contributed by atoms with Crippen molar-refractivity contribution in [3.05, 3.63) is 94.1 Å². The number of benzene rings is 3. The number of Topliss-reactive ketones (excluding diaryl/α,β-unsaturated/α-hetero) is 1. The number of phenols is 1. The minimum Gasteiger partial charge on any atom is -0.508 e. The largest absolute Gasteiger partial charge is 0.508 e. The van der Waals surface area contributed by atoms with Crippen LogP contribution in [0.4, 0.5) is 5.69 Å². The lowest BCUT2D eigenvalue weighted by Gasteiger charge is -2.26. The van der Waals surface area contributed by atoms with E-state index in [2.05, 4.69) is 0 Å². The molecule has 2 N–H and O–H groups in total. The molecule has 0 spiro atoms. The number of rotatable bonds is 6. The van der Waals surface area contributed by atoms with Gasteiger partial charge in [-0.1, -0.05) is 45.0 Å². The van der Waals surface area contributed by atoms with Crippen molar-refractivity contribution in [1.82, 2.24) is 0 Å². The summed E-state index contributed by atoms with van der Waals surface area (Å²) >= 11 is 0. The Balaban J connectivity index is 1.96. The van der Waals surface area contributed by atoms with E-state index >= 15 is 0 Å². The lowest BCUT2D eigenvalue weighted by molar-refractivity contribution is -0.132. The average Bonchev–Trinajstić information content (AvgIpc) is 3.14. The fourth-order valence-electron chi connectivity index (χ4n) is 4.69. The summed E-state index contributed by atoms with van der Waals surface area (Å²) in [5.74, 6) is -0.831. The van der Waals surface area contributed by atoms with Crippen LogP contribution in [0.2, 0.25) is 0 Å². The van der Waals surface area contributed by atoms with Gasteiger partial charge in [-0.05, 0) is 77.9 Å². The number of anilines is 1. The molecule has 1 saturated heterocycles. The Morgan fingerprint density at radius 1 is 1.03 bits per heavy atom. The van der Waals surface area contributed by atoms with E-state index in [1.54, 1.807) is 19.2 Å². The zero-order valence-electron chi connectivity index (χ0n) is 21.2. The summed E-state index contributed by atoms with van der Waals surface area (Å²) < 4.78 is 5.53. The number of methoxy groups -OCH3 is 1. The molecule has 186 valence electrons. The number of carbonyl (C=O) groups is 2. The van der Waals surface area contributed by atoms with Crippen LogP contribution in [0, 0.1) is 6.92 Å². The molecule has 6 nitrogen and oxygen atoms in total. The Kier molecular flexibility index (Phi) is 6.88. The van der Waals surface area contributed by atoms with Crippen LogP contribution in [0.5, 0.6) is 11.5 Å². The number of aryl methyl sites for hydroxylation is 2. The standard InChI is InChI=1S/C30H31NO5/c1-6-19-7-11-21(12-8-19)31-27(20-9-13-22(32)14-10-20)26(29(34)30(31)35)28(33)24-16-23(17(2)3)25(36-5)15-18(24)4/h7-17,27,32-33H,6H2,1-5H3/b28-26+. The van der Waals surface area contributed by atoms with Gasteiger partial charge in [0.05, 0.1) is 18.7 Å². The summed E-state index contributed by atoms with van der Waals surface area (Å²) in [7, 11) is 1.60. The number of aliphatic hydroxyl groups excluding tert-OH is 1. The normalized spacial score (nSPS) is 17.2. The van der Waals surface area contributed by atoms with E-state index < -0.39 is 17.7 Å². The highest BCUT2D eigenvalue weighted by atomic mass is 16.5. The Bertz CT molecular complexity index is 1340. The highest BCUT2D eigenvalue weighted by Crippen LogP contribution is 2.43. The number of ether oxygens (including phenoxy) is 1. The SMILES string of the molecule is CCc1ccc(N2C(=O)C(=O)/C(=C(/O)c3cc(C(C)C)c(OC)cc3C)C2c2ccc(O)cc2)cc1. The molecular formula is C30H31NO5. The topological polar surface area (TPSA) is 87.1 Å². The third-order valence-electron chi connectivity index (χ3n) is 6.73. The van der Waals surface area contributed by atoms with Gasteiger partial charge >= 0.3 is 0 Å². The van der Waals surface area contributed by atoms with E-state index in [-0.39, 0.29) is 23.0 Å². The molecule has 0 aromatic heterocycles. The smallest absolute Gasteiger partial charge is 0.300 e. The van der Waals surface area contributed by atoms with Crippen LogP contribution in [-0.4, -0.2) is 29.0 Å². The third-order valence-corrected chi connectivity index (χ3v) is 6.73. The van der Waals surface area contributed by atoms with Crippen LogP contribution >= 0.6 is 0 Å². The molecule has 0 saturated carbocycles. The first kappa shape index (κ1) is 25.0. The summed E-state index contributed by atoms with van der Waals surface area (Å²) in [5.41, 5.74) is 4.35. The number of phenolic OH excluding ortho intramolecular Hbond substituents is 1. The second-order valence-electron chi connectivity index (χ2n) is 9.34. The minimum absolute atomic E-state index is 0.00762. The monoisotopic (exact) mass is 485 g/mol. The van der Waals surface area contributed by atoms with Crippen molar-refractivity contribution in [3.63, 3.8) is 0 Å². The molecule has 1 heterocycles. The zero-order valence-corrected chi connectivity index (χ0v) is 21.2. The van der Waals surface area contributed by atoms with Gasteiger partial charge < -0.3 is 14.9 Å². The molecule has 3 aromatic carbocycles. The molecule has 3 aromatic rings. The number of amides is 1. The van der Waals surface area contributed by atoms with E-state index in [1.165, 1.54) is 17.0 Å². The Morgan fingerprint density at radius 3 is 2.22 bits per heavy atom. The summed E-state index contributed by atoms with van der Waals surface area (Å²) in [6.45, 7) is 7.91. The summed E-state index contributed by atoms with van der Waals surface area (Å²) in [6, 6.07) is 16.6. The maximum absolute atomic E-state index is 13.4. The van der Waals surface area contributed by atoms with Crippen LogP contribution in [0.25, 0.3) is 5.76 Å². The van der Waals surface area contributed by atoms with E-state index in [1.807, 2.05) is 64.1 Å². The van der Waals surface area contributed by atoms with Crippen molar-refractivity contribution < 1.29 is 24.5 Å². The third kappa shape index (κ3) is 4.35. The summed E-state index contributed by atoms with van der Waals surface area (Å²) in [5, 5.41) is 21.4. The predicted molar refractivity (Wildman–Crippen MR) is 141 cm³/mol. The van der Waals surface area contributed by atoms with E-state index in [4.69, 9.17) is 4.74 Å². The maximum Gasteiger partial charge on any atom is 0.300 e. The van der Waals surface area contributed by atoms with E-state index in [0.29, 0.717) is 22.6 Å². The second-order valence-corrected chi connectivity index (χ2v) is 9.34. The van der Waals surface area contributed by atoms with Gasteiger partial charge in [0.2, 0.25) is 0 Å². The highest BCUT2D eigenvalue weighted by molar-refractivity contribution is 6.51. The molecule has 0 radical (unpaired) electrons. The maximum atomic E-state index is 13.4. The van der Waals surface area contributed by atoms with E-state index in [9.17, 15) is 19.8 Å². The lowest BCUT2D eigenvalue weighted by atomic mass is 9.91. The Morgan fingerprint density at radius 2 is 1.67 bits per heavy atom. The van der Waals surface area contributed by atoms with Crippen molar-refractivity contribution in [3.8, 4) is 11.5 Å². The molecule has 36 heavy (non-hydrogen) atoms. The first-order valence-electron chi connectivity index (χ1n) is 12.1. The fourth-order valence-corrected chi connectivity index (χ4v) is 4.69. The first-order valence-corrected chi connectivity index (χ1v) is 12.1. The van der Waals surface area contributed by atoms with E-state index in [0.717, 1.165) is 23.1 Å². The fraction of sp³-hybridized carbons (Fsp3) is 0.267. The van der Waals surface area contributed by atoms with Crippen molar-refractivity contribution >= 4 is 23.1 Å². The number of nitrogens with zero attached hydrogens (tertiary/aromatic N) is 1. The zero-order chi connectivity index (χ0) is 26.1. The molecule has 1 atom stereocenters. The number of aromatic hydroxyl groups is 1. The van der Waals surface area contributed by atoms with Gasteiger partial charge in [0.15, 0.2) is 0 Å². The molecule has 1 aliphatic heterocycles. The molecule has 1 unspecified atom stereocenters. The van der Waals surface area contributed by atoms with Gasteiger partial charge in [0, 0.05) is 11.3 Å². The van der Waals surface area contributed by atoms with Crippen LogP contribution in [0.15, 0.2) is 66.2 Å². The van der Waals surface area contributed by atoms with Crippen molar-refractivity contribution in [2.24, 2.45) is 0 Å². The van der Waals surface area contributed by atoms with Gasteiger partial charge in [0.1, 0.15) is 17.3 Å². The van der Waals surface area contributed by atoms with Crippen molar-refractivity contribution in [1.29, 1.82) is 0 Å². The highest BCUT2D eigenvalue weighted by Gasteiger charge is 2.47. The minimum atomic E-state index is -0.859. The molecular weight excluding hydrogens is 454 g/mol. The van der Waals surface area contributed by atoms with Gasteiger partial charge in [-0.2, -0.15) is 0 Å². The molecule has 1 amide bonds. The summed E-state index contributed by atoms with van der Waals surface area (Å²) in [4.78, 5) is 28.2. The van der Waals surface area contributed by atoms with Crippen LogP contribution in [-0.2, 0) is 16.0 Å². The quantitative estimate of drug-likeness (QED) is 0.253. The molecule has 0 aliphatic carbocycles. The molecule has 1 aliphatic rings. The van der Waals surface area contributed by atoms with Crippen molar-refractivity contribution in [2.45, 2.75) is 46.1 Å². The number of aliphatic hydroxyl groups is 1. The number of carbonyl (C=O) groups excluding carboxylic acids is 2. The van der Waals surface area contributed by atoms with Gasteiger partial charge in [0.25, 0.3) is 11.7 Å². The number of hydrogen-bond acceptors (Lipinski definition) is 5.